The van der Waals surface area contributed by atoms with Gasteiger partial charge >= 0.3 is 6.16 Å². The highest BCUT2D eigenvalue weighted by atomic mass is 16.7. The van der Waals surface area contributed by atoms with Crippen molar-refractivity contribution < 1.29 is 14.6 Å². The molecule has 0 aromatic heterocycles. The zero-order chi connectivity index (χ0) is 14.3. The molecule has 0 saturated heterocycles. The molecule has 0 saturated carbocycles. The van der Waals surface area contributed by atoms with Gasteiger partial charge < -0.3 is 9.84 Å². The predicted molar refractivity (Wildman–Crippen MR) is 79.6 cm³/mol. The first kappa shape index (κ1) is 18.3. The Bertz CT molecular complexity index is 204. The summed E-state index contributed by atoms with van der Waals surface area (Å²) in [5.41, 5.74) is 0. The van der Waals surface area contributed by atoms with Crippen LogP contribution in [0.4, 0.5) is 4.79 Å². The standard InChI is InChI=1S/C16H32O3/c1-3-5-7-9-10-12-14-15(19-16(17)18)13-11-8-6-4-2/h15H,3-14H2,1-2H3,(H,17,18). The third-order valence-corrected chi connectivity index (χ3v) is 3.53. The Morgan fingerprint density at radius 2 is 1.26 bits per heavy atom. The number of carbonyl (C=O) groups is 1. The Balaban J connectivity index is 3.64. The monoisotopic (exact) mass is 272 g/mol. The topological polar surface area (TPSA) is 46.5 Å². The van der Waals surface area contributed by atoms with Crippen molar-refractivity contribution in [2.45, 2.75) is 97.0 Å². The molecule has 0 rings (SSSR count). The first-order chi connectivity index (χ1) is 9.20. The SMILES string of the molecule is CCCCCCCCC(CCCCCC)OC(=O)O. The summed E-state index contributed by atoms with van der Waals surface area (Å²) in [5.74, 6) is 0. The van der Waals surface area contributed by atoms with E-state index in [2.05, 4.69) is 13.8 Å². The molecule has 1 unspecified atom stereocenters. The molecule has 0 aliphatic heterocycles. The van der Waals surface area contributed by atoms with E-state index in [4.69, 9.17) is 9.84 Å². The highest BCUT2D eigenvalue weighted by molar-refractivity contribution is 5.57. The van der Waals surface area contributed by atoms with Gasteiger partial charge in [-0.15, -0.1) is 0 Å². The van der Waals surface area contributed by atoms with E-state index in [0.717, 1.165) is 25.7 Å². The largest absolute Gasteiger partial charge is 0.506 e. The zero-order valence-electron chi connectivity index (χ0n) is 12.8. The second-order valence-electron chi connectivity index (χ2n) is 5.41. The second-order valence-corrected chi connectivity index (χ2v) is 5.41. The minimum atomic E-state index is -1.12. The van der Waals surface area contributed by atoms with Gasteiger partial charge in [-0.2, -0.15) is 0 Å². The number of rotatable bonds is 13. The second kappa shape index (κ2) is 13.7. The third-order valence-electron chi connectivity index (χ3n) is 3.53. The summed E-state index contributed by atoms with van der Waals surface area (Å²) < 4.78 is 4.97. The third kappa shape index (κ3) is 13.5. The molecule has 0 spiro atoms. The van der Waals surface area contributed by atoms with Crippen LogP contribution in [-0.4, -0.2) is 17.4 Å². The van der Waals surface area contributed by atoms with Gasteiger partial charge in [-0.1, -0.05) is 65.2 Å². The molecule has 0 heterocycles. The summed E-state index contributed by atoms with van der Waals surface area (Å²) in [7, 11) is 0. The van der Waals surface area contributed by atoms with E-state index in [9.17, 15) is 4.79 Å². The average molecular weight is 272 g/mol. The van der Waals surface area contributed by atoms with Crippen molar-refractivity contribution in [1.29, 1.82) is 0 Å². The summed E-state index contributed by atoms with van der Waals surface area (Å²) in [5, 5.41) is 8.74. The average Bonchev–Trinajstić information content (AvgIpc) is 2.37. The minimum absolute atomic E-state index is 0.0828. The van der Waals surface area contributed by atoms with Gasteiger partial charge in [0.15, 0.2) is 0 Å². The van der Waals surface area contributed by atoms with Gasteiger partial charge in [-0.25, -0.2) is 4.79 Å². The normalized spacial score (nSPS) is 12.3. The fourth-order valence-corrected chi connectivity index (χ4v) is 2.36. The van der Waals surface area contributed by atoms with E-state index in [1.54, 1.807) is 0 Å². The van der Waals surface area contributed by atoms with Crippen LogP contribution in [0.3, 0.4) is 0 Å². The van der Waals surface area contributed by atoms with Crippen LogP contribution >= 0.6 is 0 Å². The quantitative estimate of drug-likeness (QED) is 0.342. The van der Waals surface area contributed by atoms with Crippen LogP contribution in [0.2, 0.25) is 0 Å². The maximum Gasteiger partial charge on any atom is 0.506 e. The number of ether oxygens (including phenoxy) is 1. The van der Waals surface area contributed by atoms with E-state index in [-0.39, 0.29) is 6.10 Å². The lowest BCUT2D eigenvalue weighted by molar-refractivity contribution is 0.0422. The Kier molecular flexibility index (Phi) is 13.2. The minimum Gasteiger partial charge on any atom is -0.450 e. The van der Waals surface area contributed by atoms with Crippen molar-refractivity contribution in [3.8, 4) is 0 Å². The van der Waals surface area contributed by atoms with Gasteiger partial charge in [0.1, 0.15) is 6.10 Å². The van der Waals surface area contributed by atoms with E-state index in [1.165, 1.54) is 51.4 Å². The maximum atomic E-state index is 10.7. The van der Waals surface area contributed by atoms with Gasteiger partial charge in [-0.05, 0) is 25.7 Å². The smallest absolute Gasteiger partial charge is 0.450 e. The highest BCUT2D eigenvalue weighted by Crippen LogP contribution is 2.16. The van der Waals surface area contributed by atoms with Gasteiger partial charge in [0.25, 0.3) is 0 Å². The molecular formula is C16H32O3. The summed E-state index contributed by atoms with van der Waals surface area (Å²) >= 11 is 0. The van der Waals surface area contributed by atoms with Crippen LogP contribution in [0.1, 0.15) is 90.9 Å². The molecule has 3 heteroatoms. The van der Waals surface area contributed by atoms with Crippen LogP contribution in [0.5, 0.6) is 0 Å². The fraction of sp³-hybridized carbons (Fsp3) is 0.938. The van der Waals surface area contributed by atoms with Crippen molar-refractivity contribution >= 4 is 6.16 Å². The molecule has 1 atom stereocenters. The number of hydrogen-bond acceptors (Lipinski definition) is 2. The van der Waals surface area contributed by atoms with Crippen LogP contribution in [-0.2, 0) is 4.74 Å². The molecule has 0 fully saturated rings. The molecule has 0 aliphatic rings. The van der Waals surface area contributed by atoms with Crippen molar-refractivity contribution in [1.82, 2.24) is 0 Å². The van der Waals surface area contributed by atoms with Crippen LogP contribution in [0.25, 0.3) is 0 Å². The number of unbranched alkanes of at least 4 members (excludes halogenated alkanes) is 8. The Labute approximate surface area is 118 Å². The molecule has 0 amide bonds. The summed E-state index contributed by atoms with van der Waals surface area (Å²) in [4.78, 5) is 10.7. The lowest BCUT2D eigenvalue weighted by atomic mass is 10.0. The molecule has 0 bridgehead atoms. The molecule has 1 N–H and O–H groups in total. The number of carboxylic acid groups (broad SMARTS) is 1. The molecule has 0 aromatic carbocycles. The molecule has 19 heavy (non-hydrogen) atoms. The van der Waals surface area contributed by atoms with Gasteiger partial charge in [-0.3, -0.25) is 0 Å². The van der Waals surface area contributed by atoms with Crippen molar-refractivity contribution in [3.05, 3.63) is 0 Å². The molecule has 0 aromatic rings. The molecule has 0 aliphatic carbocycles. The Morgan fingerprint density at radius 1 is 0.842 bits per heavy atom. The van der Waals surface area contributed by atoms with E-state index >= 15 is 0 Å². The summed E-state index contributed by atoms with van der Waals surface area (Å²) in [6, 6.07) is 0. The van der Waals surface area contributed by atoms with Crippen LogP contribution in [0, 0.1) is 0 Å². The Morgan fingerprint density at radius 3 is 1.74 bits per heavy atom. The lowest BCUT2D eigenvalue weighted by Crippen LogP contribution is -2.16. The van der Waals surface area contributed by atoms with Crippen LogP contribution < -0.4 is 0 Å². The Hall–Kier alpha value is -0.730. The van der Waals surface area contributed by atoms with Crippen LogP contribution in [0.15, 0.2) is 0 Å². The molecule has 3 nitrogen and oxygen atoms in total. The first-order valence-electron chi connectivity index (χ1n) is 8.10. The van der Waals surface area contributed by atoms with E-state index in [1.807, 2.05) is 0 Å². The fourth-order valence-electron chi connectivity index (χ4n) is 2.36. The van der Waals surface area contributed by atoms with Gasteiger partial charge in [0.05, 0.1) is 0 Å². The van der Waals surface area contributed by atoms with Crippen molar-refractivity contribution in [3.63, 3.8) is 0 Å². The zero-order valence-corrected chi connectivity index (χ0v) is 12.8. The summed E-state index contributed by atoms with van der Waals surface area (Å²) in [6.07, 6.45) is 12.7. The number of hydrogen-bond donors (Lipinski definition) is 1. The lowest BCUT2D eigenvalue weighted by Gasteiger charge is -2.15. The molecular weight excluding hydrogens is 240 g/mol. The van der Waals surface area contributed by atoms with Crippen molar-refractivity contribution in [2.75, 3.05) is 0 Å². The van der Waals surface area contributed by atoms with Gasteiger partial charge in [0.2, 0.25) is 0 Å². The highest BCUT2D eigenvalue weighted by Gasteiger charge is 2.12. The summed E-state index contributed by atoms with van der Waals surface area (Å²) in [6.45, 7) is 4.40. The van der Waals surface area contributed by atoms with Gasteiger partial charge in [0, 0.05) is 0 Å². The predicted octanol–water partition coefficient (Wildman–Crippen LogP) is 5.77. The molecule has 114 valence electrons. The van der Waals surface area contributed by atoms with E-state index in [0.29, 0.717) is 0 Å². The van der Waals surface area contributed by atoms with E-state index < -0.39 is 6.16 Å². The maximum absolute atomic E-state index is 10.7. The van der Waals surface area contributed by atoms with Crippen molar-refractivity contribution in [2.24, 2.45) is 0 Å². The first-order valence-corrected chi connectivity index (χ1v) is 8.10. The molecule has 0 radical (unpaired) electrons.